The number of hydrogen-bond donors (Lipinski definition) is 0. The first kappa shape index (κ1) is 28.2. The van der Waals surface area contributed by atoms with Crippen LogP contribution in [0.25, 0.3) is 34.4 Å². The zero-order valence-electron chi connectivity index (χ0n) is 26.7. The quantitative estimate of drug-likeness (QED) is 0.183. The average molecular weight is 731 g/mol. The summed E-state index contributed by atoms with van der Waals surface area (Å²) in [5.41, 5.74) is 17.8. The molecule has 7 rings (SSSR count). The van der Waals surface area contributed by atoms with E-state index in [4.69, 9.17) is 0 Å². The number of rotatable bonds is 4. The summed E-state index contributed by atoms with van der Waals surface area (Å²) in [6, 6.07) is 29.5. The van der Waals surface area contributed by atoms with E-state index < -0.39 is 28.0 Å². The molecule has 0 bridgehead atoms. The van der Waals surface area contributed by atoms with Crippen LogP contribution in [0.1, 0.15) is 65.2 Å². The Morgan fingerprint density at radius 2 is 0.976 bits per heavy atom. The molecule has 2 aliphatic carbocycles. The van der Waals surface area contributed by atoms with E-state index in [1.807, 2.05) is 10.4 Å². The van der Waals surface area contributed by atoms with Gasteiger partial charge in [-0.05, 0) is 0 Å². The van der Waals surface area contributed by atoms with Crippen LogP contribution in [0.3, 0.4) is 0 Å². The molecular formula is C40H44HfSi. The van der Waals surface area contributed by atoms with Crippen molar-refractivity contribution in [3.8, 4) is 22.3 Å². The van der Waals surface area contributed by atoms with E-state index in [1.165, 1.54) is 57.0 Å². The molecule has 42 heavy (non-hydrogen) atoms. The molecule has 0 N–H and O–H groups in total. The van der Waals surface area contributed by atoms with Crippen LogP contribution in [0, 0.1) is 27.7 Å². The van der Waals surface area contributed by atoms with Crippen LogP contribution in [0.4, 0.5) is 0 Å². The topological polar surface area (TPSA) is 0 Å². The van der Waals surface area contributed by atoms with Gasteiger partial charge in [0, 0.05) is 0 Å². The molecule has 0 radical (unpaired) electrons. The third kappa shape index (κ3) is 3.87. The van der Waals surface area contributed by atoms with Gasteiger partial charge in [0.15, 0.2) is 0 Å². The minimum atomic E-state index is -3.05. The molecule has 212 valence electrons. The van der Waals surface area contributed by atoms with E-state index in [0.29, 0.717) is 7.35 Å². The second kappa shape index (κ2) is 9.99. The number of hydrogen-bond acceptors (Lipinski definition) is 0. The molecule has 2 heteroatoms. The fourth-order valence-corrected chi connectivity index (χ4v) is 41.9. The first-order valence-corrected chi connectivity index (χ1v) is 30.0. The van der Waals surface area contributed by atoms with Crippen molar-refractivity contribution in [3.05, 3.63) is 128 Å². The molecule has 0 amide bonds. The predicted molar refractivity (Wildman–Crippen MR) is 183 cm³/mol. The van der Waals surface area contributed by atoms with Crippen LogP contribution < -0.4 is 0 Å². The first-order valence-electron chi connectivity index (χ1n) is 15.9. The monoisotopic (exact) mass is 732 g/mol. The van der Waals surface area contributed by atoms with Gasteiger partial charge in [0.05, 0.1) is 0 Å². The van der Waals surface area contributed by atoms with Gasteiger partial charge in [0.25, 0.3) is 0 Å². The van der Waals surface area contributed by atoms with Gasteiger partial charge >= 0.3 is 260 Å². The zero-order valence-corrected chi connectivity index (χ0v) is 31.2. The van der Waals surface area contributed by atoms with E-state index in [9.17, 15) is 0 Å². The van der Waals surface area contributed by atoms with Crippen molar-refractivity contribution in [1.29, 1.82) is 0 Å². The van der Waals surface area contributed by atoms with Gasteiger partial charge in [-0.15, -0.1) is 0 Å². The van der Waals surface area contributed by atoms with E-state index in [1.54, 1.807) is 22.3 Å². The molecule has 1 aliphatic heterocycles. The fourth-order valence-electron chi connectivity index (χ4n) is 9.40. The van der Waals surface area contributed by atoms with Crippen LogP contribution in [0.5, 0.6) is 0 Å². The summed E-state index contributed by atoms with van der Waals surface area (Å²) in [5, 5.41) is 3.74. The van der Waals surface area contributed by atoms with Gasteiger partial charge in [-0.1, -0.05) is 0 Å². The number of allylic oxidation sites excluding steroid dienone is 2. The summed E-state index contributed by atoms with van der Waals surface area (Å²) in [5.74, 6) is 0. The van der Waals surface area contributed by atoms with Gasteiger partial charge in [-0.25, -0.2) is 0 Å². The Kier molecular flexibility index (Phi) is 6.72. The molecule has 1 fully saturated rings. The summed E-state index contributed by atoms with van der Waals surface area (Å²) < 4.78 is 6.95. The van der Waals surface area contributed by atoms with Crippen molar-refractivity contribution >= 4 is 20.2 Å². The molecule has 4 aromatic carbocycles. The number of benzene rings is 4. The summed E-state index contributed by atoms with van der Waals surface area (Å²) in [7, 11) is -1.91. The third-order valence-electron chi connectivity index (χ3n) is 11.1. The Morgan fingerprint density at radius 3 is 1.36 bits per heavy atom. The molecule has 3 aliphatic rings. The maximum atomic E-state index is 2.80. The Bertz CT molecular complexity index is 1670. The molecule has 0 nitrogen and oxygen atoms in total. The second-order valence-corrected chi connectivity index (χ2v) is 35.7. The summed E-state index contributed by atoms with van der Waals surface area (Å²) in [4.78, 5) is 0. The molecule has 2 unspecified atom stereocenters. The van der Waals surface area contributed by atoms with Gasteiger partial charge in [0.1, 0.15) is 0 Å². The van der Waals surface area contributed by atoms with Gasteiger partial charge < -0.3 is 0 Å². The van der Waals surface area contributed by atoms with Crippen LogP contribution in [0.15, 0.2) is 83.2 Å². The number of fused-ring (bicyclic) bond motifs is 6. The molecule has 1 heterocycles. The van der Waals surface area contributed by atoms with Gasteiger partial charge in [-0.3, -0.25) is 0 Å². The summed E-state index contributed by atoms with van der Waals surface area (Å²) in [6.45, 7) is 14.3. The van der Waals surface area contributed by atoms with Crippen molar-refractivity contribution in [2.75, 3.05) is 0 Å². The maximum absolute atomic E-state index is 3.05. The van der Waals surface area contributed by atoms with Crippen molar-refractivity contribution in [2.45, 2.75) is 70.3 Å². The van der Waals surface area contributed by atoms with Crippen LogP contribution in [-0.2, 0) is 20.0 Å². The fraction of sp³-hybridized carbons (Fsp3) is 0.300. The van der Waals surface area contributed by atoms with Gasteiger partial charge in [-0.2, -0.15) is 0 Å². The van der Waals surface area contributed by atoms with Crippen molar-refractivity contribution < 1.29 is 20.0 Å². The Hall–Kier alpha value is -2.55. The standard InChI is InChI=1S/C38H38Si.2CH3.Hf/c1-7-20-39(6,31-21-29-16-10-18-33(35(29)23-31)37-25(2)12-8-13-26(37)3)32-22-30-17-11-19-34(36(30)24-32)38-27(4)14-9-15-28(38)5;;;/h8-19,21-24H,7,20H2,1-6H3;2*1H3;. The zero-order chi connectivity index (χ0) is 29.6. The number of aryl methyl sites for hydroxylation is 4. The Morgan fingerprint density at radius 1 is 0.595 bits per heavy atom. The second-order valence-electron chi connectivity index (χ2n) is 14.1. The Balaban J connectivity index is 1.48. The van der Waals surface area contributed by atoms with E-state index in [-0.39, 0.29) is 0 Å². The summed E-state index contributed by atoms with van der Waals surface area (Å²) in [6.07, 6.45) is 6.75. The third-order valence-corrected chi connectivity index (χ3v) is 33.3. The van der Waals surface area contributed by atoms with E-state index in [0.717, 1.165) is 0 Å². The Labute approximate surface area is 258 Å². The summed E-state index contributed by atoms with van der Waals surface area (Å²) >= 11 is -3.05. The average Bonchev–Trinajstić information content (AvgIpc) is 3.55. The minimum absolute atomic E-state index is 0.678. The van der Waals surface area contributed by atoms with Crippen LogP contribution in [0.2, 0.25) is 22.0 Å². The normalized spacial score (nSPS) is 23.0. The molecule has 0 saturated carbocycles. The molecule has 1 saturated heterocycles. The molecule has 0 spiro atoms. The van der Waals surface area contributed by atoms with Crippen LogP contribution >= 0.6 is 0 Å². The first-order chi connectivity index (χ1) is 20.1. The molecule has 0 aromatic heterocycles. The van der Waals surface area contributed by atoms with Gasteiger partial charge in [0.2, 0.25) is 0 Å². The molecule has 4 aromatic rings. The van der Waals surface area contributed by atoms with Crippen molar-refractivity contribution in [1.82, 2.24) is 0 Å². The van der Waals surface area contributed by atoms with Crippen molar-refractivity contribution in [2.24, 2.45) is 0 Å². The molecule has 2 atom stereocenters. The predicted octanol–water partition coefficient (Wildman–Crippen LogP) is 11.7. The van der Waals surface area contributed by atoms with Crippen molar-refractivity contribution in [3.63, 3.8) is 0 Å². The van der Waals surface area contributed by atoms with E-state index in [2.05, 4.69) is 135 Å². The van der Waals surface area contributed by atoms with Crippen LogP contribution in [-0.4, -0.2) is 8.07 Å². The molecular weight excluding hydrogens is 687 g/mol. The van der Waals surface area contributed by atoms with E-state index >= 15 is 0 Å². The SMILES string of the molecule is CCC[Si]1(C)C2=Cc3c(-c4c(C)cccc4C)cccc3[CH]2[Hf]([CH3])([CH3])[CH]2C1=Cc1c(-c3c(C)cccc3C)cccc12.